The Kier molecular flexibility index (Phi) is 3.94. The highest BCUT2D eigenvalue weighted by Crippen LogP contribution is 2.34. The Labute approximate surface area is 89.4 Å². The van der Waals surface area contributed by atoms with Crippen molar-refractivity contribution in [3.63, 3.8) is 0 Å². The van der Waals surface area contributed by atoms with E-state index in [2.05, 4.69) is 24.0 Å². The summed E-state index contributed by atoms with van der Waals surface area (Å²) in [7, 11) is 0. The van der Waals surface area contributed by atoms with Gasteiger partial charge < -0.3 is 0 Å². The van der Waals surface area contributed by atoms with E-state index >= 15 is 0 Å². The standard InChI is InChI=1S/C11H16N2O2/c1-3-5-11(6-4-2)8-12-13-10(11)9(15)7-14/h3-4,7,10,12-13H,1-2,5-6,8H2. The van der Waals surface area contributed by atoms with Crippen LogP contribution in [0.5, 0.6) is 0 Å². The second kappa shape index (κ2) is 5.00. The Hall–Kier alpha value is -1.26. The summed E-state index contributed by atoms with van der Waals surface area (Å²) in [4.78, 5) is 22.0. The van der Waals surface area contributed by atoms with Gasteiger partial charge in [-0.05, 0) is 12.8 Å². The molecule has 0 aromatic rings. The average Bonchev–Trinajstić information content (AvgIpc) is 2.62. The topological polar surface area (TPSA) is 58.2 Å². The van der Waals surface area contributed by atoms with Crippen LogP contribution in [0.2, 0.25) is 0 Å². The third kappa shape index (κ3) is 2.22. The summed E-state index contributed by atoms with van der Waals surface area (Å²) < 4.78 is 0. The number of carbonyl (C=O) groups excluding carboxylic acids is 2. The smallest absolute Gasteiger partial charge is 0.213 e. The SMILES string of the molecule is C=CCC1(CC=C)CNNC1C(=O)C=O. The lowest BCUT2D eigenvalue weighted by Gasteiger charge is -2.29. The molecule has 15 heavy (non-hydrogen) atoms. The quantitative estimate of drug-likeness (QED) is 0.376. The lowest BCUT2D eigenvalue weighted by atomic mass is 9.74. The molecule has 0 aromatic heterocycles. The zero-order valence-corrected chi connectivity index (χ0v) is 8.66. The molecule has 0 amide bonds. The molecule has 82 valence electrons. The molecule has 1 atom stereocenters. The van der Waals surface area contributed by atoms with Crippen LogP contribution in [-0.4, -0.2) is 24.7 Å². The van der Waals surface area contributed by atoms with E-state index in [-0.39, 0.29) is 5.41 Å². The summed E-state index contributed by atoms with van der Waals surface area (Å²) in [6, 6.07) is -0.481. The molecule has 0 radical (unpaired) electrons. The first-order valence-corrected chi connectivity index (χ1v) is 4.89. The highest BCUT2D eigenvalue weighted by atomic mass is 16.2. The molecule has 1 aliphatic rings. The molecule has 2 N–H and O–H groups in total. The van der Waals surface area contributed by atoms with Gasteiger partial charge in [-0.25, -0.2) is 5.43 Å². The van der Waals surface area contributed by atoms with Crippen LogP contribution in [0.3, 0.4) is 0 Å². The average molecular weight is 208 g/mol. The van der Waals surface area contributed by atoms with Gasteiger partial charge in [0.1, 0.15) is 0 Å². The molecule has 1 heterocycles. The lowest BCUT2D eigenvalue weighted by molar-refractivity contribution is -0.132. The summed E-state index contributed by atoms with van der Waals surface area (Å²) in [6.07, 6.45) is 5.24. The van der Waals surface area contributed by atoms with Gasteiger partial charge in [-0.15, -0.1) is 13.2 Å². The van der Waals surface area contributed by atoms with Gasteiger partial charge in [-0.3, -0.25) is 15.0 Å². The molecule has 0 saturated carbocycles. The first kappa shape index (κ1) is 11.8. The van der Waals surface area contributed by atoms with Gasteiger partial charge in [0.15, 0.2) is 6.29 Å². The van der Waals surface area contributed by atoms with E-state index in [9.17, 15) is 9.59 Å². The number of aldehydes is 1. The van der Waals surface area contributed by atoms with E-state index in [0.717, 1.165) is 0 Å². The number of allylic oxidation sites excluding steroid dienone is 2. The second-order valence-corrected chi connectivity index (χ2v) is 3.80. The van der Waals surface area contributed by atoms with E-state index in [1.165, 1.54) is 0 Å². The highest BCUT2D eigenvalue weighted by Gasteiger charge is 2.44. The zero-order chi connectivity index (χ0) is 11.3. The molecule has 4 nitrogen and oxygen atoms in total. The molecule has 1 rings (SSSR count). The van der Waals surface area contributed by atoms with E-state index in [1.54, 1.807) is 12.2 Å². The number of hydrogen-bond acceptors (Lipinski definition) is 4. The molecule has 1 fully saturated rings. The molecular formula is C11H16N2O2. The minimum atomic E-state index is -0.481. The molecule has 4 heteroatoms. The fourth-order valence-corrected chi connectivity index (χ4v) is 2.06. The van der Waals surface area contributed by atoms with E-state index in [0.29, 0.717) is 25.7 Å². The molecule has 1 saturated heterocycles. The van der Waals surface area contributed by atoms with E-state index in [4.69, 9.17) is 0 Å². The van der Waals surface area contributed by atoms with Crippen molar-refractivity contribution in [2.75, 3.05) is 6.54 Å². The Bertz CT molecular complexity index is 276. The van der Waals surface area contributed by atoms with Crippen molar-refractivity contribution in [2.45, 2.75) is 18.9 Å². The molecule has 0 spiro atoms. The van der Waals surface area contributed by atoms with Crippen molar-refractivity contribution in [3.05, 3.63) is 25.3 Å². The van der Waals surface area contributed by atoms with Crippen LogP contribution in [0, 0.1) is 5.41 Å². The van der Waals surface area contributed by atoms with Crippen molar-refractivity contribution in [2.24, 2.45) is 5.41 Å². The monoisotopic (exact) mass is 208 g/mol. The number of nitrogens with one attached hydrogen (secondary N) is 2. The van der Waals surface area contributed by atoms with Crippen LogP contribution in [0.25, 0.3) is 0 Å². The van der Waals surface area contributed by atoms with E-state index in [1.807, 2.05) is 0 Å². The number of hydrazine groups is 1. The Morgan fingerprint density at radius 3 is 2.47 bits per heavy atom. The number of hydrogen-bond donors (Lipinski definition) is 2. The van der Waals surface area contributed by atoms with Gasteiger partial charge >= 0.3 is 0 Å². The van der Waals surface area contributed by atoms with Gasteiger partial charge in [0, 0.05) is 12.0 Å². The van der Waals surface area contributed by atoms with Crippen molar-refractivity contribution in [3.8, 4) is 0 Å². The fraction of sp³-hybridized carbons (Fsp3) is 0.455. The van der Waals surface area contributed by atoms with Crippen molar-refractivity contribution < 1.29 is 9.59 Å². The maximum atomic E-state index is 11.4. The summed E-state index contributed by atoms with van der Waals surface area (Å²) in [5, 5.41) is 0. The predicted octanol–water partition coefficient (Wildman–Crippen LogP) is 0.369. The van der Waals surface area contributed by atoms with Crippen LogP contribution in [0.1, 0.15) is 12.8 Å². The maximum absolute atomic E-state index is 11.4. The zero-order valence-electron chi connectivity index (χ0n) is 8.66. The normalized spacial score (nSPS) is 23.3. The summed E-state index contributed by atoms with van der Waals surface area (Å²) in [6.45, 7) is 8.00. The van der Waals surface area contributed by atoms with Crippen LogP contribution >= 0.6 is 0 Å². The van der Waals surface area contributed by atoms with Crippen molar-refractivity contribution in [1.82, 2.24) is 10.9 Å². The Morgan fingerprint density at radius 1 is 1.40 bits per heavy atom. The van der Waals surface area contributed by atoms with Crippen LogP contribution in [0.15, 0.2) is 25.3 Å². The van der Waals surface area contributed by atoms with Gasteiger partial charge in [-0.2, -0.15) is 0 Å². The minimum absolute atomic E-state index is 0.304. The molecular weight excluding hydrogens is 192 g/mol. The van der Waals surface area contributed by atoms with Gasteiger partial charge in [0.25, 0.3) is 0 Å². The molecule has 0 aromatic carbocycles. The second-order valence-electron chi connectivity index (χ2n) is 3.80. The summed E-state index contributed by atoms with van der Waals surface area (Å²) in [5.41, 5.74) is 5.46. The minimum Gasteiger partial charge on any atom is -0.295 e. The lowest BCUT2D eigenvalue weighted by Crippen LogP contribution is -2.45. The van der Waals surface area contributed by atoms with Crippen LogP contribution < -0.4 is 10.9 Å². The first-order chi connectivity index (χ1) is 7.20. The van der Waals surface area contributed by atoms with Crippen LogP contribution in [-0.2, 0) is 9.59 Å². The maximum Gasteiger partial charge on any atom is 0.213 e. The summed E-state index contributed by atoms with van der Waals surface area (Å²) in [5.74, 6) is -0.427. The highest BCUT2D eigenvalue weighted by molar-refractivity contribution is 6.27. The summed E-state index contributed by atoms with van der Waals surface area (Å²) >= 11 is 0. The fourth-order valence-electron chi connectivity index (χ4n) is 2.06. The Balaban J connectivity index is 2.92. The van der Waals surface area contributed by atoms with Crippen molar-refractivity contribution >= 4 is 12.1 Å². The predicted molar refractivity (Wildman–Crippen MR) is 58.1 cm³/mol. The van der Waals surface area contributed by atoms with E-state index < -0.39 is 11.8 Å². The number of Topliss-reactive ketones (excluding diaryl/α,β-unsaturated/α-hetero) is 1. The molecule has 1 unspecified atom stereocenters. The number of ketones is 1. The van der Waals surface area contributed by atoms with Crippen LogP contribution in [0.4, 0.5) is 0 Å². The molecule has 0 aliphatic carbocycles. The molecule has 0 bridgehead atoms. The third-order valence-corrected chi connectivity index (χ3v) is 2.80. The van der Waals surface area contributed by atoms with Gasteiger partial charge in [0.2, 0.25) is 5.78 Å². The molecule has 1 aliphatic heterocycles. The first-order valence-electron chi connectivity index (χ1n) is 4.89. The third-order valence-electron chi connectivity index (χ3n) is 2.80. The van der Waals surface area contributed by atoms with Gasteiger partial charge in [0.05, 0.1) is 6.04 Å². The number of carbonyl (C=O) groups is 2. The largest absolute Gasteiger partial charge is 0.295 e. The number of rotatable bonds is 6. The van der Waals surface area contributed by atoms with Gasteiger partial charge in [-0.1, -0.05) is 12.2 Å². The van der Waals surface area contributed by atoms with Crippen molar-refractivity contribution in [1.29, 1.82) is 0 Å². The Morgan fingerprint density at radius 2 is 2.00 bits per heavy atom.